The monoisotopic (exact) mass is 316 g/mol. The van der Waals surface area contributed by atoms with Gasteiger partial charge in [-0.25, -0.2) is 0 Å². The summed E-state index contributed by atoms with van der Waals surface area (Å²) in [5.41, 5.74) is 0. The van der Waals surface area contributed by atoms with Gasteiger partial charge in [-0.2, -0.15) is 0 Å². The smallest absolute Gasteiger partial charge is 0.487 e. The molecule has 0 aliphatic carbocycles. The Kier molecular flexibility index (Phi) is 7.24. The van der Waals surface area contributed by atoms with Gasteiger partial charge in [0.1, 0.15) is 0 Å². The van der Waals surface area contributed by atoms with Crippen LogP contribution < -0.4 is 14.3 Å². The van der Waals surface area contributed by atoms with Crippen molar-refractivity contribution >= 4 is 46.5 Å². The molecule has 2 aromatic heterocycles. The van der Waals surface area contributed by atoms with Gasteiger partial charge in [0.15, 0.2) is 5.06 Å². The van der Waals surface area contributed by atoms with Crippen LogP contribution in [0.2, 0.25) is 0 Å². The molecular formula is C10H14B2O6S2. The molecule has 10 heteroatoms. The molecule has 2 rings (SSSR count). The van der Waals surface area contributed by atoms with E-state index in [1.165, 1.54) is 22.7 Å². The van der Waals surface area contributed by atoms with Gasteiger partial charge in [-0.3, -0.25) is 0 Å². The van der Waals surface area contributed by atoms with Crippen molar-refractivity contribution in [1.29, 1.82) is 0 Å². The molecule has 108 valence electrons. The quantitative estimate of drug-likeness (QED) is 0.433. The van der Waals surface area contributed by atoms with Crippen LogP contribution in [0.5, 0.6) is 5.06 Å². The Hall–Kier alpha value is -0.870. The molecule has 0 bridgehead atoms. The molecule has 0 unspecified atom stereocenters. The molecule has 5 N–H and O–H groups in total. The fourth-order valence-electron chi connectivity index (χ4n) is 1.20. The van der Waals surface area contributed by atoms with E-state index in [0.717, 1.165) is 4.88 Å². The normalized spacial score (nSPS) is 9.70. The van der Waals surface area contributed by atoms with Crippen LogP contribution in [-0.4, -0.2) is 46.5 Å². The highest BCUT2D eigenvalue weighted by atomic mass is 32.1. The van der Waals surface area contributed by atoms with Crippen LogP contribution in [0, 0.1) is 0 Å². The SMILES string of the molecule is COc1ccc(B(O)O)s1.OCc1ccc(B(O)O)s1. The first kappa shape index (κ1) is 17.2. The molecule has 6 nitrogen and oxygen atoms in total. The number of aliphatic hydroxyl groups excluding tert-OH is 1. The van der Waals surface area contributed by atoms with Crippen molar-refractivity contribution in [2.24, 2.45) is 0 Å². The summed E-state index contributed by atoms with van der Waals surface area (Å²) in [6.45, 7) is -0.0443. The predicted molar refractivity (Wildman–Crippen MR) is 80.8 cm³/mol. The minimum absolute atomic E-state index is 0.0443. The van der Waals surface area contributed by atoms with E-state index in [0.29, 0.717) is 14.6 Å². The van der Waals surface area contributed by atoms with Gasteiger partial charge < -0.3 is 29.9 Å². The van der Waals surface area contributed by atoms with Crippen molar-refractivity contribution in [2.45, 2.75) is 6.61 Å². The van der Waals surface area contributed by atoms with Crippen molar-refractivity contribution in [3.8, 4) is 5.06 Å². The minimum Gasteiger partial charge on any atom is -0.487 e. The van der Waals surface area contributed by atoms with E-state index >= 15 is 0 Å². The summed E-state index contributed by atoms with van der Waals surface area (Å²) >= 11 is 2.41. The second-order valence-corrected chi connectivity index (χ2v) is 5.85. The van der Waals surface area contributed by atoms with Gasteiger partial charge in [-0.15, -0.1) is 22.7 Å². The molecule has 0 spiro atoms. The van der Waals surface area contributed by atoms with E-state index in [4.69, 9.17) is 29.9 Å². The van der Waals surface area contributed by atoms with E-state index in [9.17, 15) is 0 Å². The van der Waals surface area contributed by atoms with E-state index < -0.39 is 14.2 Å². The molecular weight excluding hydrogens is 302 g/mol. The third kappa shape index (κ3) is 5.25. The molecule has 0 amide bonds. The first-order chi connectivity index (χ1) is 9.47. The average molecular weight is 316 g/mol. The van der Waals surface area contributed by atoms with Gasteiger partial charge >= 0.3 is 14.2 Å². The van der Waals surface area contributed by atoms with E-state index in [2.05, 4.69) is 0 Å². The number of aliphatic hydroxyl groups is 1. The third-order valence-electron chi connectivity index (χ3n) is 2.15. The van der Waals surface area contributed by atoms with E-state index in [1.807, 2.05) is 0 Å². The molecule has 0 fully saturated rings. The lowest BCUT2D eigenvalue weighted by Crippen LogP contribution is -2.26. The molecule has 0 radical (unpaired) electrons. The number of ether oxygens (including phenoxy) is 1. The lowest BCUT2D eigenvalue weighted by atomic mass is 9.90. The fourth-order valence-corrected chi connectivity index (χ4v) is 2.64. The molecule has 0 aliphatic heterocycles. The third-order valence-corrected chi connectivity index (χ3v) is 4.35. The first-order valence-electron chi connectivity index (χ1n) is 5.53. The summed E-state index contributed by atoms with van der Waals surface area (Å²) in [6.07, 6.45) is 0. The molecule has 0 saturated carbocycles. The second kappa shape index (κ2) is 8.42. The number of thiophene rings is 2. The van der Waals surface area contributed by atoms with Crippen molar-refractivity contribution in [3.05, 3.63) is 29.1 Å². The predicted octanol–water partition coefficient (Wildman–Crippen LogP) is -1.64. The van der Waals surface area contributed by atoms with Crippen LogP contribution in [0.15, 0.2) is 24.3 Å². The lowest BCUT2D eigenvalue weighted by molar-refractivity contribution is 0.285. The van der Waals surface area contributed by atoms with Gasteiger partial charge in [-0.1, -0.05) is 6.07 Å². The Morgan fingerprint density at radius 2 is 1.50 bits per heavy atom. The number of methoxy groups -OCH3 is 1. The summed E-state index contributed by atoms with van der Waals surface area (Å²) in [4.78, 5) is 0.739. The second-order valence-electron chi connectivity index (χ2n) is 3.57. The molecule has 2 aromatic rings. The van der Waals surface area contributed by atoms with Crippen molar-refractivity contribution in [2.75, 3.05) is 7.11 Å². The Morgan fingerprint density at radius 3 is 1.80 bits per heavy atom. The molecule has 0 saturated heterocycles. The van der Waals surface area contributed by atoms with Crippen LogP contribution in [-0.2, 0) is 6.61 Å². The Morgan fingerprint density at radius 1 is 0.950 bits per heavy atom. The minimum atomic E-state index is -1.41. The first-order valence-corrected chi connectivity index (χ1v) is 7.16. The van der Waals surface area contributed by atoms with Crippen LogP contribution in [0.4, 0.5) is 0 Å². The zero-order valence-corrected chi connectivity index (χ0v) is 12.3. The lowest BCUT2D eigenvalue weighted by Gasteiger charge is -1.90. The van der Waals surface area contributed by atoms with Crippen molar-refractivity contribution in [3.63, 3.8) is 0 Å². The topological polar surface area (TPSA) is 110 Å². The Balaban J connectivity index is 0.000000200. The molecule has 20 heavy (non-hydrogen) atoms. The number of hydrogen-bond donors (Lipinski definition) is 5. The number of rotatable bonds is 4. The highest BCUT2D eigenvalue weighted by Crippen LogP contribution is 2.15. The van der Waals surface area contributed by atoms with Gasteiger partial charge in [0, 0.05) is 14.4 Å². The molecule has 0 aliphatic rings. The highest BCUT2D eigenvalue weighted by Gasteiger charge is 2.13. The summed E-state index contributed by atoms with van der Waals surface area (Å²) in [5, 5.41) is 43.8. The summed E-state index contributed by atoms with van der Waals surface area (Å²) < 4.78 is 5.80. The average Bonchev–Trinajstić information content (AvgIpc) is 3.08. The van der Waals surface area contributed by atoms with Crippen LogP contribution in [0.1, 0.15) is 4.88 Å². The fraction of sp³-hybridized carbons (Fsp3) is 0.200. The number of hydrogen-bond acceptors (Lipinski definition) is 8. The van der Waals surface area contributed by atoms with Gasteiger partial charge in [-0.05, 0) is 18.2 Å². The van der Waals surface area contributed by atoms with Crippen LogP contribution >= 0.6 is 22.7 Å². The van der Waals surface area contributed by atoms with Crippen LogP contribution in [0.25, 0.3) is 0 Å². The maximum atomic E-state index is 8.64. The molecule has 0 atom stereocenters. The maximum absolute atomic E-state index is 8.64. The standard InChI is InChI=1S/2C5H7BO3S/c1-9-5-3-2-4(10-5)6(7)8;7-3-4-1-2-5(10-4)6(8)9/h2-3,7-8H,1H3;1-2,7-9H,3H2. The van der Waals surface area contributed by atoms with Gasteiger partial charge in [0.05, 0.1) is 13.7 Å². The Labute approximate surface area is 124 Å². The summed E-state index contributed by atoms with van der Waals surface area (Å²) in [6, 6.07) is 6.56. The van der Waals surface area contributed by atoms with E-state index in [1.54, 1.807) is 31.4 Å². The molecule has 0 aromatic carbocycles. The van der Waals surface area contributed by atoms with Gasteiger partial charge in [0.25, 0.3) is 0 Å². The zero-order chi connectivity index (χ0) is 15.1. The largest absolute Gasteiger partial charge is 0.499 e. The van der Waals surface area contributed by atoms with Crippen LogP contribution in [0.3, 0.4) is 0 Å². The van der Waals surface area contributed by atoms with Crippen molar-refractivity contribution < 1.29 is 29.9 Å². The molecule has 2 heterocycles. The highest BCUT2D eigenvalue weighted by molar-refractivity contribution is 7.23. The maximum Gasteiger partial charge on any atom is 0.499 e. The summed E-state index contributed by atoms with van der Waals surface area (Å²) in [5.74, 6) is 0. The zero-order valence-electron chi connectivity index (χ0n) is 10.6. The van der Waals surface area contributed by atoms with Gasteiger partial charge in [0.2, 0.25) is 0 Å². The van der Waals surface area contributed by atoms with Crippen molar-refractivity contribution in [1.82, 2.24) is 0 Å². The summed E-state index contributed by atoms with van der Waals surface area (Å²) in [7, 11) is -1.25. The van der Waals surface area contributed by atoms with E-state index in [-0.39, 0.29) is 6.61 Å². The Bertz CT molecular complexity index is 467.